The molecule has 0 saturated carbocycles. The van der Waals surface area contributed by atoms with Gasteiger partial charge >= 0.3 is 0 Å². The van der Waals surface area contributed by atoms with Crippen LogP contribution in [0.5, 0.6) is 0 Å². The highest BCUT2D eigenvalue weighted by Gasteiger charge is 2.37. The van der Waals surface area contributed by atoms with Gasteiger partial charge in [-0.15, -0.1) is 0 Å². The summed E-state index contributed by atoms with van der Waals surface area (Å²) in [5, 5.41) is 11.1. The zero-order chi connectivity index (χ0) is 17.3. The minimum absolute atomic E-state index is 0.0457. The van der Waals surface area contributed by atoms with Crippen molar-refractivity contribution < 1.29 is 13.3 Å². The van der Waals surface area contributed by atoms with E-state index in [-0.39, 0.29) is 16.6 Å². The van der Waals surface area contributed by atoms with E-state index in [0.29, 0.717) is 18.5 Å². The molecule has 24 heavy (non-hydrogen) atoms. The summed E-state index contributed by atoms with van der Waals surface area (Å²) in [6, 6.07) is 7.38. The zero-order valence-electron chi connectivity index (χ0n) is 13.1. The number of pyridine rings is 1. The van der Waals surface area contributed by atoms with Crippen LogP contribution in [0.1, 0.15) is 30.0 Å². The van der Waals surface area contributed by atoms with Gasteiger partial charge in [-0.2, -0.15) is 4.31 Å². The van der Waals surface area contributed by atoms with E-state index in [4.69, 9.17) is 0 Å². The fraction of sp³-hybridized carbons (Fsp3) is 0.312. The van der Waals surface area contributed by atoms with Crippen LogP contribution in [0.3, 0.4) is 0 Å². The van der Waals surface area contributed by atoms with Crippen LogP contribution >= 0.6 is 0 Å². The summed E-state index contributed by atoms with van der Waals surface area (Å²) in [5.74, 6) is 0. The minimum Gasteiger partial charge on any atom is -0.264 e. The van der Waals surface area contributed by atoms with E-state index in [1.165, 1.54) is 16.4 Å². The summed E-state index contributed by atoms with van der Waals surface area (Å²) in [6.45, 7) is 1.98. The number of hydrogen-bond donors (Lipinski definition) is 0. The predicted octanol–water partition coefficient (Wildman–Crippen LogP) is 2.82. The Bertz CT molecular complexity index is 868. The SMILES string of the molecule is Cc1ccc(S(=O)(=O)N2CCC[C@H]2c2cccnc2)cc1[N+](=O)[O-]. The first-order valence-electron chi connectivity index (χ1n) is 7.58. The maximum absolute atomic E-state index is 13.0. The van der Waals surface area contributed by atoms with Crippen molar-refractivity contribution in [2.45, 2.75) is 30.7 Å². The van der Waals surface area contributed by atoms with Crippen molar-refractivity contribution in [1.29, 1.82) is 0 Å². The molecule has 0 N–H and O–H groups in total. The highest BCUT2D eigenvalue weighted by molar-refractivity contribution is 7.89. The molecule has 1 aromatic carbocycles. The third kappa shape index (κ3) is 2.90. The van der Waals surface area contributed by atoms with Crippen molar-refractivity contribution in [1.82, 2.24) is 9.29 Å². The average molecular weight is 347 g/mol. The number of aryl methyl sites for hydroxylation is 1. The fourth-order valence-electron chi connectivity index (χ4n) is 3.02. The van der Waals surface area contributed by atoms with Crippen molar-refractivity contribution in [2.75, 3.05) is 6.54 Å². The molecule has 0 bridgehead atoms. The van der Waals surface area contributed by atoms with Gasteiger partial charge in [0, 0.05) is 30.6 Å². The summed E-state index contributed by atoms with van der Waals surface area (Å²) in [4.78, 5) is 14.5. The van der Waals surface area contributed by atoms with E-state index in [9.17, 15) is 18.5 Å². The third-order valence-corrected chi connectivity index (χ3v) is 6.16. The molecule has 7 nitrogen and oxygen atoms in total. The molecule has 1 aliphatic heterocycles. The van der Waals surface area contributed by atoms with Gasteiger partial charge < -0.3 is 0 Å². The second-order valence-electron chi connectivity index (χ2n) is 5.77. The van der Waals surface area contributed by atoms with Crippen LogP contribution < -0.4 is 0 Å². The molecule has 0 spiro atoms. The normalized spacial score (nSPS) is 18.6. The molecule has 1 atom stereocenters. The smallest absolute Gasteiger partial charge is 0.264 e. The molecule has 0 amide bonds. The Morgan fingerprint density at radius 2 is 2.12 bits per heavy atom. The molecular formula is C16H17N3O4S. The molecule has 0 unspecified atom stereocenters. The van der Waals surface area contributed by atoms with Gasteiger partial charge in [-0.25, -0.2) is 8.42 Å². The van der Waals surface area contributed by atoms with Crippen molar-refractivity contribution in [2.24, 2.45) is 0 Å². The summed E-state index contributed by atoms with van der Waals surface area (Å²) in [5.41, 5.74) is 1.08. The van der Waals surface area contributed by atoms with Crippen LogP contribution in [0, 0.1) is 17.0 Å². The molecule has 0 aliphatic carbocycles. The molecule has 1 aromatic heterocycles. The van der Waals surface area contributed by atoms with Gasteiger partial charge in [0.05, 0.1) is 15.9 Å². The average Bonchev–Trinajstić information content (AvgIpc) is 3.06. The number of nitro groups is 1. The molecule has 1 aliphatic rings. The van der Waals surface area contributed by atoms with Gasteiger partial charge in [-0.05, 0) is 37.5 Å². The maximum Gasteiger partial charge on any atom is 0.273 e. The molecule has 8 heteroatoms. The van der Waals surface area contributed by atoms with Gasteiger partial charge in [-0.1, -0.05) is 12.1 Å². The molecule has 1 saturated heterocycles. The highest BCUT2D eigenvalue weighted by Crippen LogP contribution is 2.37. The Hall–Kier alpha value is -2.32. The van der Waals surface area contributed by atoms with E-state index < -0.39 is 14.9 Å². The standard InChI is InChI=1S/C16H17N3O4S/c1-12-6-7-14(10-16(12)19(20)21)24(22,23)18-9-3-5-15(18)13-4-2-8-17-11-13/h2,4,6-8,10-11,15H,3,5,9H2,1H3/t15-/m0/s1. The second kappa shape index (κ2) is 6.29. The van der Waals surface area contributed by atoms with Gasteiger partial charge in [0.25, 0.3) is 5.69 Å². The lowest BCUT2D eigenvalue weighted by Gasteiger charge is -2.24. The van der Waals surface area contributed by atoms with E-state index in [1.807, 2.05) is 6.07 Å². The van der Waals surface area contributed by atoms with Crippen LogP contribution in [-0.2, 0) is 10.0 Å². The van der Waals surface area contributed by atoms with Gasteiger partial charge in [0.15, 0.2) is 0 Å². The Balaban J connectivity index is 2.01. The first-order valence-corrected chi connectivity index (χ1v) is 9.02. The summed E-state index contributed by atoms with van der Waals surface area (Å²) >= 11 is 0. The Kier molecular flexibility index (Phi) is 4.33. The number of sulfonamides is 1. The van der Waals surface area contributed by atoms with Crippen molar-refractivity contribution in [3.05, 3.63) is 64.0 Å². The van der Waals surface area contributed by atoms with Crippen molar-refractivity contribution in [3.63, 3.8) is 0 Å². The predicted molar refractivity (Wildman–Crippen MR) is 87.9 cm³/mol. The van der Waals surface area contributed by atoms with E-state index in [0.717, 1.165) is 18.1 Å². The number of aromatic nitrogens is 1. The molecule has 0 radical (unpaired) electrons. The number of nitro benzene ring substituents is 1. The zero-order valence-corrected chi connectivity index (χ0v) is 13.9. The molecule has 2 heterocycles. The van der Waals surface area contributed by atoms with E-state index in [1.54, 1.807) is 25.4 Å². The van der Waals surface area contributed by atoms with Crippen molar-refractivity contribution in [3.8, 4) is 0 Å². The lowest BCUT2D eigenvalue weighted by Crippen LogP contribution is -2.30. The highest BCUT2D eigenvalue weighted by atomic mass is 32.2. The number of rotatable bonds is 4. The third-order valence-electron chi connectivity index (χ3n) is 4.26. The van der Waals surface area contributed by atoms with Gasteiger partial charge in [0.1, 0.15) is 0 Å². The Morgan fingerprint density at radius 3 is 2.79 bits per heavy atom. The number of benzene rings is 1. The largest absolute Gasteiger partial charge is 0.273 e. The number of hydrogen-bond acceptors (Lipinski definition) is 5. The lowest BCUT2D eigenvalue weighted by atomic mass is 10.1. The van der Waals surface area contributed by atoms with Crippen LogP contribution in [0.4, 0.5) is 5.69 Å². The van der Waals surface area contributed by atoms with E-state index in [2.05, 4.69) is 4.98 Å². The number of nitrogens with zero attached hydrogens (tertiary/aromatic N) is 3. The summed E-state index contributed by atoms with van der Waals surface area (Å²) in [6.07, 6.45) is 4.75. The van der Waals surface area contributed by atoms with Crippen LogP contribution in [0.2, 0.25) is 0 Å². The lowest BCUT2D eigenvalue weighted by molar-refractivity contribution is -0.385. The Morgan fingerprint density at radius 1 is 1.33 bits per heavy atom. The fourth-order valence-corrected chi connectivity index (χ4v) is 4.72. The molecule has 3 rings (SSSR count). The Labute approximate surface area is 140 Å². The van der Waals surface area contributed by atoms with E-state index >= 15 is 0 Å². The first kappa shape index (κ1) is 16.5. The summed E-state index contributed by atoms with van der Waals surface area (Å²) in [7, 11) is -3.81. The van der Waals surface area contributed by atoms with Crippen LogP contribution in [0.15, 0.2) is 47.6 Å². The molecule has 1 fully saturated rings. The maximum atomic E-state index is 13.0. The second-order valence-corrected chi connectivity index (χ2v) is 7.66. The molecule has 2 aromatic rings. The summed E-state index contributed by atoms with van der Waals surface area (Å²) < 4.78 is 27.4. The topological polar surface area (TPSA) is 93.4 Å². The minimum atomic E-state index is -3.81. The molecular weight excluding hydrogens is 330 g/mol. The van der Waals surface area contributed by atoms with Gasteiger partial charge in [-0.3, -0.25) is 15.1 Å². The van der Waals surface area contributed by atoms with Crippen molar-refractivity contribution >= 4 is 15.7 Å². The first-order chi connectivity index (χ1) is 11.4. The van der Waals surface area contributed by atoms with Crippen LogP contribution in [-0.4, -0.2) is 29.2 Å². The van der Waals surface area contributed by atoms with Gasteiger partial charge in [0.2, 0.25) is 10.0 Å². The van der Waals surface area contributed by atoms with Crippen LogP contribution in [0.25, 0.3) is 0 Å². The molecule has 126 valence electrons. The quantitative estimate of drug-likeness (QED) is 0.626. The monoisotopic (exact) mass is 347 g/mol.